The Morgan fingerprint density at radius 2 is 1.80 bits per heavy atom. The molecule has 0 spiro atoms. The van der Waals surface area contributed by atoms with E-state index in [4.69, 9.17) is 0 Å². The standard InChI is InChI=1S/C14H20S/c1-4-6-8-13-10-12(3)11-15-14(13)9-7-5-2/h4-9,12H,10-11H2,1-3H3/b6-4+,7-5-,13-8-,14-9+. The van der Waals surface area contributed by atoms with Crippen LogP contribution in [0.5, 0.6) is 0 Å². The monoisotopic (exact) mass is 220 g/mol. The molecule has 1 aliphatic heterocycles. The third kappa shape index (κ3) is 4.13. The second-order valence-corrected chi connectivity index (χ2v) is 4.96. The predicted molar refractivity (Wildman–Crippen MR) is 72.0 cm³/mol. The van der Waals surface area contributed by atoms with Crippen molar-refractivity contribution in [1.82, 2.24) is 0 Å². The van der Waals surface area contributed by atoms with E-state index in [1.54, 1.807) is 0 Å². The summed E-state index contributed by atoms with van der Waals surface area (Å²) in [6.07, 6.45) is 14.1. The largest absolute Gasteiger partial charge is 0.126 e. The van der Waals surface area contributed by atoms with E-state index >= 15 is 0 Å². The van der Waals surface area contributed by atoms with Crippen molar-refractivity contribution in [3.63, 3.8) is 0 Å². The third-order valence-corrected chi connectivity index (χ3v) is 3.78. The molecule has 1 atom stereocenters. The molecular formula is C14H20S. The Morgan fingerprint density at radius 3 is 2.47 bits per heavy atom. The van der Waals surface area contributed by atoms with Crippen LogP contribution in [0.25, 0.3) is 0 Å². The van der Waals surface area contributed by atoms with Crippen molar-refractivity contribution in [3.8, 4) is 0 Å². The van der Waals surface area contributed by atoms with Gasteiger partial charge in [-0.25, -0.2) is 0 Å². The lowest BCUT2D eigenvalue weighted by Crippen LogP contribution is -2.07. The molecule has 0 radical (unpaired) electrons. The van der Waals surface area contributed by atoms with Gasteiger partial charge in [0.05, 0.1) is 0 Å². The second kappa shape index (κ2) is 6.73. The second-order valence-electron chi connectivity index (χ2n) is 3.89. The molecule has 1 heteroatoms. The fourth-order valence-corrected chi connectivity index (χ4v) is 2.65. The number of hydrogen-bond acceptors (Lipinski definition) is 1. The van der Waals surface area contributed by atoms with Crippen molar-refractivity contribution < 1.29 is 0 Å². The van der Waals surface area contributed by atoms with Crippen molar-refractivity contribution >= 4 is 11.8 Å². The molecular weight excluding hydrogens is 200 g/mol. The van der Waals surface area contributed by atoms with E-state index in [-0.39, 0.29) is 0 Å². The summed E-state index contributed by atoms with van der Waals surface area (Å²) in [6.45, 7) is 6.44. The zero-order chi connectivity index (χ0) is 11.1. The van der Waals surface area contributed by atoms with Crippen LogP contribution in [0, 0.1) is 5.92 Å². The zero-order valence-electron chi connectivity index (χ0n) is 9.86. The van der Waals surface area contributed by atoms with Crippen LogP contribution in [0.4, 0.5) is 0 Å². The smallest absolute Gasteiger partial charge is 0.0104 e. The number of thioether (sulfide) groups is 1. The van der Waals surface area contributed by atoms with Gasteiger partial charge in [-0.3, -0.25) is 0 Å². The maximum Gasteiger partial charge on any atom is 0.0104 e. The summed E-state index contributed by atoms with van der Waals surface area (Å²) in [5.41, 5.74) is 1.48. The number of allylic oxidation sites excluding steroid dienone is 7. The van der Waals surface area contributed by atoms with Gasteiger partial charge in [0.25, 0.3) is 0 Å². The van der Waals surface area contributed by atoms with Crippen LogP contribution >= 0.6 is 11.8 Å². The Labute approximate surface area is 97.8 Å². The van der Waals surface area contributed by atoms with Crippen molar-refractivity contribution in [2.24, 2.45) is 5.92 Å². The molecule has 0 N–H and O–H groups in total. The predicted octanol–water partition coefficient (Wildman–Crippen LogP) is 4.72. The number of hydrogen-bond donors (Lipinski definition) is 0. The summed E-state index contributed by atoms with van der Waals surface area (Å²) in [7, 11) is 0. The quantitative estimate of drug-likeness (QED) is 0.648. The normalized spacial score (nSPS) is 28.6. The van der Waals surface area contributed by atoms with Crippen LogP contribution in [0.2, 0.25) is 0 Å². The van der Waals surface area contributed by atoms with E-state index in [0.29, 0.717) is 0 Å². The Kier molecular flexibility index (Phi) is 5.56. The van der Waals surface area contributed by atoms with Gasteiger partial charge in [0.15, 0.2) is 0 Å². The summed E-state index contributed by atoms with van der Waals surface area (Å²) >= 11 is 1.98. The van der Waals surface area contributed by atoms with Crippen molar-refractivity contribution in [1.29, 1.82) is 0 Å². The van der Waals surface area contributed by atoms with Crippen LogP contribution in [0.3, 0.4) is 0 Å². The Balaban J connectivity index is 2.84. The molecule has 0 amide bonds. The van der Waals surface area contributed by atoms with Gasteiger partial charge in [-0.05, 0) is 37.8 Å². The van der Waals surface area contributed by atoms with E-state index < -0.39 is 0 Å². The first-order valence-corrected chi connectivity index (χ1v) is 6.54. The maximum atomic E-state index is 2.32. The van der Waals surface area contributed by atoms with E-state index in [2.05, 4.69) is 57.2 Å². The van der Waals surface area contributed by atoms with Crippen LogP contribution in [-0.4, -0.2) is 5.75 Å². The van der Waals surface area contributed by atoms with Gasteiger partial charge in [0.2, 0.25) is 0 Å². The molecule has 0 bridgehead atoms. The van der Waals surface area contributed by atoms with Crippen LogP contribution in [-0.2, 0) is 0 Å². The molecule has 0 aliphatic carbocycles. The summed E-state index contributed by atoms with van der Waals surface area (Å²) in [6, 6.07) is 0. The molecule has 15 heavy (non-hydrogen) atoms. The first-order chi connectivity index (χ1) is 7.27. The molecule has 1 saturated heterocycles. The molecule has 0 aromatic carbocycles. The van der Waals surface area contributed by atoms with Crippen molar-refractivity contribution in [2.45, 2.75) is 27.2 Å². The van der Waals surface area contributed by atoms with Crippen molar-refractivity contribution in [3.05, 3.63) is 46.9 Å². The molecule has 1 rings (SSSR count). The molecule has 0 aromatic rings. The molecule has 1 fully saturated rings. The van der Waals surface area contributed by atoms with Gasteiger partial charge in [-0.1, -0.05) is 37.3 Å². The van der Waals surface area contributed by atoms with E-state index in [9.17, 15) is 0 Å². The highest BCUT2D eigenvalue weighted by Gasteiger charge is 2.16. The lowest BCUT2D eigenvalue weighted by atomic mass is 10.0. The molecule has 0 saturated carbocycles. The summed E-state index contributed by atoms with van der Waals surface area (Å²) in [5.74, 6) is 2.05. The fraction of sp³-hybridized carbons (Fsp3) is 0.429. The van der Waals surface area contributed by atoms with Gasteiger partial charge in [0.1, 0.15) is 0 Å². The molecule has 1 unspecified atom stereocenters. The summed E-state index contributed by atoms with van der Waals surface area (Å²) < 4.78 is 0. The van der Waals surface area contributed by atoms with Crippen LogP contribution in [0.1, 0.15) is 27.2 Å². The minimum atomic E-state index is 0.800. The summed E-state index contributed by atoms with van der Waals surface area (Å²) in [5, 5.41) is 0. The van der Waals surface area contributed by atoms with Gasteiger partial charge in [0, 0.05) is 10.7 Å². The van der Waals surface area contributed by atoms with Crippen molar-refractivity contribution in [2.75, 3.05) is 5.75 Å². The van der Waals surface area contributed by atoms with Crippen LogP contribution in [0.15, 0.2) is 46.9 Å². The molecule has 82 valence electrons. The Hall–Kier alpha value is -0.690. The lowest BCUT2D eigenvalue weighted by Gasteiger charge is -2.22. The molecule has 1 aliphatic rings. The van der Waals surface area contributed by atoms with E-state index in [0.717, 1.165) is 5.92 Å². The topological polar surface area (TPSA) is 0 Å². The highest BCUT2D eigenvalue weighted by Crippen LogP contribution is 2.36. The fourth-order valence-electron chi connectivity index (χ4n) is 1.56. The maximum absolute atomic E-state index is 2.32. The molecule has 0 nitrogen and oxygen atoms in total. The lowest BCUT2D eigenvalue weighted by molar-refractivity contribution is 0.652. The number of rotatable bonds is 2. The highest BCUT2D eigenvalue weighted by molar-refractivity contribution is 8.03. The van der Waals surface area contributed by atoms with Gasteiger partial charge >= 0.3 is 0 Å². The average molecular weight is 220 g/mol. The highest BCUT2D eigenvalue weighted by atomic mass is 32.2. The zero-order valence-corrected chi connectivity index (χ0v) is 10.7. The Morgan fingerprint density at radius 1 is 1.13 bits per heavy atom. The Bertz CT molecular complexity index is 305. The first-order valence-electron chi connectivity index (χ1n) is 5.56. The van der Waals surface area contributed by atoms with Gasteiger partial charge < -0.3 is 0 Å². The minimum Gasteiger partial charge on any atom is -0.126 e. The first kappa shape index (κ1) is 12.4. The third-order valence-electron chi connectivity index (χ3n) is 2.34. The van der Waals surface area contributed by atoms with E-state index in [1.807, 2.05) is 11.8 Å². The van der Waals surface area contributed by atoms with E-state index in [1.165, 1.54) is 22.7 Å². The van der Waals surface area contributed by atoms with Crippen LogP contribution < -0.4 is 0 Å². The van der Waals surface area contributed by atoms with Gasteiger partial charge in [-0.15, -0.1) is 11.8 Å². The average Bonchev–Trinajstić information content (AvgIpc) is 2.25. The minimum absolute atomic E-state index is 0.800. The molecule has 0 aromatic heterocycles. The molecule has 1 heterocycles. The SMILES string of the molecule is C\C=C/C=C1/SCC(C)C/C1=C/C=C/C. The van der Waals surface area contributed by atoms with Gasteiger partial charge in [-0.2, -0.15) is 0 Å². The summed E-state index contributed by atoms with van der Waals surface area (Å²) in [4.78, 5) is 1.43.